The molecule has 29 heavy (non-hydrogen) atoms. The fraction of sp³-hybridized carbons (Fsp3) is 0.130. The van der Waals surface area contributed by atoms with E-state index in [1.807, 2.05) is 36.4 Å². The van der Waals surface area contributed by atoms with E-state index in [4.69, 9.17) is 21.1 Å². The molecule has 0 fully saturated rings. The summed E-state index contributed by atoms with van der Waals surface area (Å²) in [4.78, 5) is 16.3. The molecular weight excluding hydrogens is 388 g/mol. The number of carbonyl (C=O) groups is 1. The molecule has 6 heteroatoms. The van der Waals surface area contributed by atoms with Crippen LogP contribution in [0.3, 0.4) is 0 Å². The van der Waals surface area contributed by atoms with Crippen LogP contribution in [0.4, 0.5) is 0 Å². The Morgan fingerprint density at radius 2 is 1.83 bits per heavy atom. The molecule has 4 rings (SSSR count). The van der Waals surface area contributed by atoms with Crippen molar-refractivity contribution in [3.05, 3.63) is 83.1 Å². The second-order valence-corrected chi connectivity index (χ2v) is 6.94. The number of carbonyl (C=O) groups excluding carboxylic acids is 1. The van der Waals surface area contributed by atoms with E-state index < -0.39 is 5.97 Å². The maximum atomic E-state index is 11.9. The molecule has 0 radical (unpaired) electrons. The number of nitrogens with zero attached hydrogens (tertiary/aromatic N) is 2. The van der Waals surface area contributed by atoms with Crippen molar-refractivity contribution in [2.45, 2.75) is 6.54 Å². The standard InChI is InChI=1S/C23H19ClN2O3/c1-28-22-12-16-11-20(15-7-4-3-5-8-15)26(21(16)13-18(22)24)14-17-9-6-10-19(25-17)23(27)29-2/h3-13H,14H2,1-2H3. The zero-order valence-corrected chi connectivity index (χ0v) is 16.8. The Hall–Kier alpha value is -3.31. The van der Waals surface area contributed by atoms with E-state index in [1.54, 1.807) is 19.2 Å². The van der Waals surface area contributed by atoms with Gasteiger partial charge in [0.1, 0.15) is 11.4 Å². The Balaban J connectivity index is 1.88. The number of hydrogen-bond donors (Lipinski definition) is 0. The summed E-state index contributed by atoms with van der Waals surface area (Å²) in [5.74, 6) is 0.169. The van der Waals surface area contributed by atoms with Crippen molar-refractivity contribution in [3.63, 3.8) is 0 Å². The number of esters is 1. The van der Waals surface area contributed by atoms with Gasteiger partial charge in [-0.3, -0.25) is 0 Å². The third-order valence-electron chi connectivity index (χ3n) is 4.77. The Labute approximate surface area is 173 Å². The topological polar surface area (TPSA) is 53.4 Å². The fourth-order valence-corrected chi connectivity index (χ4v) is 3.62. The number of halogens is 1. The summed E-state index contributed by atoms with van der Waals surface area (Å²) in [6.07, 6.45) is 0. The number of aromatic nitrogens is 2. The maximum absolute atomic E-state index is 11.9. The SMILES string of the molecule is COC(=O)c1cccc(Cn2c(-c3ccccc3)cc3cc(OC)c(Cl)cc32)n1. The molecule has 5 nitrogen and oxygen atoms in total. The Morgan fingerprint density at radius 1 is 1.03 bits per heavy atom. The third kappa shape index (κ3) is 3.69. The Bertz CT molecular complexity index is 1190. The van der Waals surface area contributed by atoms with E-state index in [1.165, 1.54) is 7.11 Å². The molecular formula is C23H19ClN2O3. The van der Waals surface area contributed by atoms with E-state index in [0.29, 0.717) is 17.3 Å². The monoisotopic (exact) mass is 406 g/mol. The Kier molecular flexibility index (Phi) is 5.23. The largest absolute Gasteiger partial charge is 0.495 e. The molecule has 0 saturated heterocycles. The molecule has 0 aliphatic rings. The summed E-state index contributed by atoms with van der Waals surface area (Å²) in [5.41, 5.74) is 4.08. The van der Waals surface area contributed by atoms with Crippen LogP contribution in [-0.2, 0) is 11.3 Å². The van der Waals surface area contributed by atoms with Crippen LogP contribution >= 0.6 is 11.6 Å². The predicted molar refractivity (Wildman–Crippen MR) is 114 cm³/mol. The van der Waals surface area contributed by atoms with Crippen LogP contribution in [0.1, 0.15) is 16.2 Å². The minimum atomic E-state index is -0.458. The molecule has 0 amide bonds. The smallest absolute Gasteiger partial charge is 0.356 e. The zero-order valence-electron chi connectivity index (χ0n) is 16.1. The van der Waals surface area contributed by atoms with Crippen LogP contribution in [0, 0.1) is 0 Å². The van der Waals surface area contributed by atoms with Crippen LogP contribution < -0.4 is 4.74 Å². The minimum absolute atomic E-state index is 0.280. The highest BCUT2D eigenvalue weighted by Gasteiger charge is 2.15. The summed E-state index contributed by atoms with van der Waals surface area (Å²) in [6.45, 7) is 0.473. The van der Waals surface area contributed by atoms with Gasteiger partial charge in [0.25, 0.3) is 0 Å². The lowest BCUT2D eigenvalue weighted by Crippen LogP contribution is -2.09. The number of hydrogen-bond acceptors (Lipinski definition) is 4. The average Bonchev–Trinajstić information content (AvgIpc) is 3.10. The van der Waals surface area contributed by atoms with E-state index >= 15 is 0 Å². The van der Waals surface area contributed by atoms with Gasteiger partial charge in [-0.2, -0.15) is 0 Å². The molecule has 2 aromatic carbocycles. The number of benzene rings is 2. The summed E-state index contributed by atoms with van der Waals surface area (Å²) in [5, 5.41) is 1.55. The molecule has 2 aromatic heterocycles. The van der Waals surface area contributed by atoms with Crippen molar-refractivity contribution in [1.82, 2.24) is 9.55 Å². The van der Waals surface area contributed by atoms with Gasteiger partial charge in [0, 0.05) is 11.1 Å². The van der Waals surface area contributed by atoms with Crippen LogP contribution in [-0.4, -0.2) is 29.7 Å². The molecule has 0 atom stereocenters. The molecule has 0 N–H and O–H groups in total. The zero-order chi connectivity index (χ0) is 20.4. The molecule has 2 heterocycles. The normalized spacial score (nSPS) is 10.9. The van der Waals surface area contributed by atoms with Crippen molar-refractivity contribution < 1.29 is 14.3 Å². The van der Waals surface area contributed by atoms with Crippen LogP contribution in [0.25, 0.3) is 22.2 Å². The van der Waals surface area contributed by atoms with E-state index in [-0.39, 0.29) is 5.69 Å². The highest BCUT2D eigenvalue weighted by Crippen LogP contribution is 2.35. The van der Waals surface area contributed by atoms with Gasteiger partial charge < -0.3 is 14.0 Å². The lowest BCUT2D eigenvalue weighted by Gasteiger charge is -2.12. The number of rotatable bonds is 5. The highest BCUT2D eigenvalue weighted by molar-refractivity contribution is 6.32. The van der Waals surface area contributed by atoms with Crippen LogP contribution in [0.5, 0.6) is 5.75 Å². The van der Waals surface area contributed by atoms with Gasteiger partial charge in [-0.25, -0.2) is 9.78 Å². The van der Waals surface area contributed by atoms with Gasteiger partial charge in [0.2, 0.25) is 0 Å². The first-order valence-corrected chi connectivity index (χ1v) is 9.45. The van der Waals surface area contributed by atoms with Crippen molar-refractivity contribution in [2.75, 3.05) is 14.2 Å². The summed E-state index contributed by atoms with van der Waals surface area (Å²) < 4.78 is 12.3. The van der Waals surface area contributed by atoms with Gasteiger partial charge in [-0.15, -0.1) is 0 Å². The van der Waals surface area contributed by atoms with Crippen molar-refractivity contribution >= 4 is 28.5 Å². The van der Waals surface area contributed by atoms with Gasteiger partial charge in [0.15, 0.2) is 0 Å². The molecule has 0 aliphatic carbocycles. The third-order valence-corrected chi connectivity index (χ3v) is 5.06. The number of fused-ring (bicyclic) bond motifs is 1. The van der Waals surface area contributed by atoms with Crippen molar-refractivity contribution in [3.8, 4) is 17.0 Å². The lowest BCUT2D eigenvalue weighted by atomic mass is 10.1. The highest BCUT2D eigenvalue weighted by atomic mass is 35.5. The number of methoxy groups -OCH3 is 2. The van der Waals surface area contributed by atoms with E-state index in [2.05, 4.69) is 27.8 Å². The fourth-order valence-electron chi connectivity index (χ4n) is 3.39. The summed E-state index contributed by atoms with van der Waals surface area (Å²) >= 11 is 6.40. The van der Waals surface area contributed by atoms with Crippen LogP contribution in [0.15, 0.2) is 66.7 Å². The van der Waals surface area contributed by atoms with Gasteiger partial charge in [-0.05, 0) is 35.9 Å². The Morgan fingerprint density at radius 3 is 2.55 bits per heavy atom. The first kappa shape index (κ1) is 19.0. The molecule has 0 bridgehead atoms. The minimum Gasteiger partial charge on any atom is -0.495 e. The second kappa shape index (κ2) is 7.97. The number of pyridine rings is 1. The van der Waals surface area contributed by atoms with Gasteiger partial charge >= 0.3 is 5.97 Å². The van der Waals surface area contributed by atoms with E-state index in [0.717, 1.165) is 27.9 Å². The first-order chi connectivity index (χ1) is 14.1. The predicted octanol–water partition coefficient (Wildman–Crippen LogP) is 5.20. The molecule has 0 aliphatic heterocycles. The molecule has 0 unspecified atom stereocenters. The molecule has 0 spiro atoms. The quantitative estimate of drug-likeness (QED) is 0.427. The summed E-state index contributed by atoms with van der Waals surface area (Å²) in [6, 6.07) is 21.4. The molecule has 146 valence electrons. The second-order valence-electron chi connectivity index (χ2n) is 6.53. The van der Waals surface area contributed by atoms with Crippen molar-refractivity contribution in [2.24, 2.45) is 0 Å². The van der Waals surface area contributed by atoms with Crippen molar-refractivity contribution in [1.29, 1.82) is 0 Å². The van der Waals surface area contributed by atoms with E-state index in [9.17, 15) is 4.79 Å². The first-order valence-electron chi connectivity index (χ1n) is 9.07. The van der Waals surface area contributed by atoms with Crippen LogP contribution in [0.2, 0.25) is 5.02 Å². The lowest BCUT2D eigenvalue weighted by molar-refractivity contribution is 0.0593. The molecule has 0 saturated carbocycles. The average molecular weight is 407 g/mol. The number of ether oxygens (including phenoxy) is 2. The molecule has 4 aromatic rings. The van der Waals surface area contributed by atoms with Gasteiger partial charge in [0.05, 0.1) is 37.0 Å². The van der Waals surface area contributed by atoms with Gasteiger partial charge in [-0.1, -0.05) is 48.0 Å². The summed E-state index contributed by atoms with van der Waals surface area (Å²) in [7, 11) is 2.95. The maximum Gasteiger partial charge on any atom is 0.356 e.